The molecule has 20 heavy (non-hydrogen) atoms. The van der Waals surface area contributed by atoms with Gasteiger partial charge in [0.25, 0.3) is 0 Å². The van der Waals surface area contributed by atoms with E-state index < -0.39 is 17.1 Å². The molecule has 0 radical (unpaired) electrons. The van der Waals surface area contributed by atoms with Gasteiger partial charge in [-0.05, 0) is 33.3 Å². The van der Waals surface area contributed by atoms with Crippen LogP contribution in [0, 0.1) is 5.92 Å². The van der Waals surface area contributed by atoms with E-state index in [2.05, 4.69) is 0 Å². The number of aliphatic hydroxyl groups is 1. The quantitative estimate of drug-likeness (QED) is 0.799. The summed E-state index contributed by atoms with van der Waals surface area (Å²) < 4.78 is 5.61. The lowest BCUT2D eigenvalue weighted by Gasteiger charge is -2.33. The molecule has 0 aliphatic carbocycles. The molecule has 0 saturated carbocycles. The average molecular weight is 279 g/mol. The largest absolute Gasteiger partial charge is 0.383 e. The minimum atomic E-state index is -1.41. The van der Waals surface area contributed by atoms with E-state index in [1.54, 1.807) is 13.8 Å². The van der Waals surface area contributed by atoms with Gasteiger partial charge in [-0.3, -0.25) is 4.79 Å². The van der Waals surface area contributed by atoms with Gasteiger partial charge >= 0.3 is 0 Å². The van der Waals surface area contributed by atoms with Crippen molar-refractivity contribution >= 4 is 5.78 Å². The van der Waals surface area contributed by atoms with E-state index in [4.69, 9.17) is 10.5 Å². The second-order valence-corrected chi connectivity index (χ2v) is 6.30. The molecule has 1 rings (SSSR count). The highest BCUT2D eigenvalue weighted by molar-refractivity contribution is 5.89. The molecule has 1 aromatic carbocycles. The Morgan fingerprint density at radius 3 is 2.25 bits per heavy atom. The molecule has 0 spiro atoms. The lowest BCUT2D eigenvalue weighted by molar-refractivity contribution is -0.143. The van der Waals surface area contributed by atoms with Crippen LogP contribution in [0.5, 0.6) is 0 Å². The zero-order valence-corrected chi connectivity index (χ0v) is 12.7. The Kier molecular flexibility index (Phi) is 5.45. The first-order chi connectivity index (χ1) is 9.12. The van der Waals surface area contributed by atoms with E-state index in [0.29, 0.717) is 6.61 Å². The van der Waals surface area contributed by atoms with Crippen LogP contribution in [-0.2, 0) is 16.1 Å². The minimum Gasteiger partial charge on any atom is -0.383 e. The zero-order chi connectivity index (χ0) is 15.4. The van der Waals surface area contributed by atoms with Gasteiger partial charge in [-0.1, -0.05) is 30.3 Å². The fourth-order valence-electron chi connectivity index (χ4n) is 1.92. The maximum atomic E-state index is 12.2. The minimum absolute atomic E-state index is 0.196. The van der Waals surface area contributed by atoms with Crippen molar-refractivity contribution in [3.63, 3.8) is 0 Å². The van der Waals surface area contributed by atoms with Crippen molar-refractivity contribution in [3.8, 4) is 0 Å². The summed E-state index contributed by atoms with van der Waals surface area (Å²) in [6.45, 7) is 7.12. The van der Waals surface area contributed by atoms with E-state index >= 15 is 0 Å². The Morgan fingerprint density at radius 1 is 1.25 bits per heavy atom. The van der Waals surface area contributed by atoms with Crippen molar-refractivity contribution in [1.29, 1.82) is 0 Å². The monoisotopic (exact) mass is 279 g/mol. The summed E-state index contributed by atoms with van der Waals surface area (Å²) >= 11 is 0. The molecule has 0 aliphatic heterocycles. The topological polar surface area (TPSA) is 72.5 Å². The summed E-state index contributed by atoms with van der Waals surface area (Å²) in [4.78, 5) is 12.2. The molecule has 0 aliphatic rings. The first-order valence-corrected chi connectivity index (χ1v) is 6.79. The molecule has 4 heteroatoms. The van der Waals surface area contributed by atoms with E-state index in [9.17, 15) is 9.90 Å². The molecule has 0 fully saturated rings. The molecule has 1 atom stereocenters. The lowest BCUT2D eigenvalue weighted by atomic mass is 9.80. The summed E-state index contributed by atoms with van der Waals surface area (Å²) in [5.41, 5.74) is 4.94. The SMILES string of the molecule is CC(C)(O)C(=O)[C@H](COCc1ccccc1)C(C)(C)N. The van der Waals surface area contributed by atoms with Gasteiger partial charge in [-0.2, -0.15) is 0 Å². The smallest absolute Gasteiger partial charge is 0.170 e. The van der Waals surface area contributed by atoms with E-state index in [1.807, 2.05) is 30.3 Å². The third-order valence-electron chi connectivity index (χ3n) is 3.21. The number of ketones is 1. The van der Waals surface area contributed by atoms with Crippen molar-refractivity contribution in [2.75, 3.05) is 6.61 Å². The Labute approximate surface area is 120 Å². The second-order valence-electron chi connectivity index (χ2n) is 6.30. The van der Waals surface area contributed by atoms with Crippen LogP contribution in [-0.4, -0.2) is 28.6 Å². The van der Waals surface area contributed by atoms with E-state index in [0.717, 1.165) is 5.56 Å². The molecule has 0 bridgehead atoms. The number of hydrogen-bond acceptors (Lipinski definition) is 4. The summed E-state index contributed by atoms with van der Waals surface area (Å²) in [6, 6.07) is 9.73. The molecule has 112 valence electrons. The fraction of sp³-hybridized carbons (Fsp3) is 0.562. The highest BCUT2D eigenvalue weighted by Gasteiger charge is 2.39. The van der Waals surface area contributed by atoms with Crippen LogP contribution in [0.3, 0.4) is 0 Å². The lowest BCUT2D eigenvalue weighted by Crippen LogP contribution is -2.52. The van der Waals surface area contributed by atoms with Gasteiger partial charge in [0.2, 0.25) is 0 Å². The van der Waals surface area contributed by atoms with Crippen molar-refractivity contribution in [2.24, 2.45) is 11.7 Å². The van der Waals surface area contributed by atoms with Crippen molar-refractivity contribution < 1.29 is 14.6 Å². The molecular weight excluding hydrogens is 254 g/mol. The summed E-state index contributed by atoms with van der Waals surface area (Å²) in [5.74, 6) is -0.843. The van der Waals surface area contributed by atoms with Crippen molar-refractivity contribution in [2.45, 2.75) is 45.4 Å². The van der Waals surface area contributed by atoms with Crippen LogP contribution in [0.25, 0.3) is 0 Å². The Morgan fingerprint density at radius 2 is 1.80 bits per heavy atom. The predicted octanol–water partition coefficient (Wildman–Crippen LogP) is 1.90. The fourth-order valence-corrected chi connectivity index (χ4v) is 1.92. The van der Waals surface area contributed by atoms with Gasteiger partial charge in [0.1, 0.15) is 5.60 Å². The highest BCUT2D eigenvalue weighted by atomic mass is 16.5. The molecule has 0 unspecified atom stereocenters. The maximum absolute atomic E-state index is 12.2. The number of rotatable bonds is 7. The zero-order valence-electron chi connectivity index (χ0n) is 12.7. The molecule has 0 saturated heterocycles. The normalized spacial score (nSPS) is 14.1. The third-order valence-corrected chi connectivity index (χ3v) is 3.21. The molecule has 1 aromatic rings. The van der Waals surface area contributed by atoms with Crippen molar-refractivity contribution in [1.82, 2.24) is 0 Å². The van der Waals surface area contributed by atoms with Gasteiger partial charge in [0, 0.05) is 5.54 Å². The number of carbonyl (C=O) groups excluding carboxylic acids is 1. The Bertz CT molecular complexity index is 429. The summed E-state index contributed by atoms with van der Waals surface area (Å²) in [6.07, 6.45) is 0. The first-order valence-electron chi connectivity index (χ1n) is 6.79. The van der Waals surface area contributed by atoms with E-state index in [-0.39, 0.29) is 12.4 Å². The standard InChI is InChI=1S/C16H25NO3/c1-15(2,17)13(14(18)16(3,4)19)11-20-10-12-8-6-5-7-9-12/h5-9,13,19H,10-11,17H2,1-4H3/t13-/m0/s1. The Hall–Kier alpha value is -1.23. The number of Topliss-reactive ketones (excluding diaryl/α,β-unsaturated/α-hetero) is 1. The van der Waals surface area contributed by atoms with Crippen molar-refractivity contribution in [3.05, 3.63) is 35.9 Å². The Balaban J connectivity index is 2.66. The maximum Gasteiger partial charge on any atom is 0.170 e. The van der Waals surface area contributed by atoms with Crippen LogP contribution in [0.15, 0.2) is 30.3 Å². The van der Waals surface area contributed by atoms with E-state index in [1.165, 1.54) is 13.8 Å². The summed E-state index contributed by atoms with van der Waals surface area (Å²) in [7, 11) is 0. The van der Waals surface area contributed by atoms with Gasteiger partial charge in [0.15, 0.2) is 5.78 Å². The molecule has 0 amide bonds. The van der Waals surface area contributed by atoms with Crippen LogP contribution in [0.4, 0.5) is 0 Å². The average Bonchev–Trinajstić information content (AvgIpc) is 2.32. The number of carbonyl (C=O) groups is 1. The molecule has 4 nitrogen and oxygen atoms in total. The van der Waals surface area contributed by atoms with Gasteiger partial charge in [-0.15, -0.1) is 0 Å². The predicted molar refractivity (Wildman–Crippen MR) is 79.2 cm³/mol. The molecular formula is C16H25NO3. The van der Waals surface area contributed by atoms with Gasteiger partial charge in [-0.25, -0.2) is 0 Å². The highest BCUT2D eigenvalue weighted by Crippen LogP contribution is 2.22. The number of ether oxygens (including phenoxy) is 1. The first kappa shape index (κ1) is 16.8. The molecule has 0 heterocycles. The van der Waals surface area contributed by atoms with Crippen LogP contribution in [0.2, 0.25) is 0 Å². The summed E-state index contributed by atoms with van der Waals surface area (Å²) in [5, 5.41) is 9.88. The molecule has 3 N–H and O–H groups in total. The molecule has 0 aromatic heterocycles. The van der Waals surface area contributed by atoms with Crippen LogP contribution >= 0.6 is 0 Å². The van der Waals surface area contributed by atoms with Crippen LogP contribution in [0.1, 0.15) is 33.3 Å². The second kappa shape index (κ2) is 6.48. The number of nitrogens with two attached hydrogens (primary N) is 1. The van der Waals surface area contributed by atoms with Crippen LogP contribution < -0.4 is 5.73 Å². The third kappa shape index (κ3) is 5.04. The number of benzene rings is 1. The van der Waals surface area contributed by atoms with Gasteiger partial charge in [0.05, 0.1) is 19.1 Å². The van der Waals surface area contributed by atoms with Gasteiger partial charge < -0.3 is 15.6 Å². The number of hydrogen-bond donors (Lipinski definition) is 2.